The molecule has 0 bridgehead atoms. The Hall–Kier alpha value is -1.00. The second kappa shape index (κ2) is 6.64. The van der Waals surface area contributed by atoms with E-state index < -0.39 is 10.0 Å². The van der Waals surface area contributed by atoms with Crippen molar-refractivity contribution in [1.82, 2.24) is 4.31 Å². The van der Waals surface area contributed by atoms with E-state index in [1.54, 1.807) is 40.3 Å². The van der Waals surface area contributed by atoms with Crippen molar-refractivity contribution in [3.63, 3.8) is 0 Å². The lowest BCUT2D eigenvalue weighted by Gasteiger charge is -2.31. The Morgan fingerprint density at radius 1 is 1.50 bits per heavy atom. The number of rotatable bonds is 2. The van der Waals surface area contributed by atoms with E-state index in [1.165, 1.54) is 0 Å². The number of aliphatic hydroxyl groups excluding tert-OH is 1. The molecule has 1 N–H and O–H groups in total. The topological polar surface area (TPSA) is 57.6 Å². The molecule has 1 aromatic carbocycles. The lowest BCUT2D eigenvalue weighted by atomic mass is 10.2. The molecule has 20 heavy (non-hydrogen) atoms. The Balaban J connectivity index is 2.34. The first-order valence-electron chi connectivity index (χ1n) is 6.35. The van der Waals surface area contributed by atoms with Crippen molar-refractivity contribution in [2.45, 2.75) is 17.9 Å². The van der Waals surface area contributed by atoms with E-state index in [1.807, 2.05) is 6.92 Å². The van der Waals surface area contributed by atoms with Crippen LogP contribution >= 0.6 is 11.8 Å². The van der Waals surface area contributed by atoms with Gasteiger partial charge in [-0.2, -0.15) is 16.1 Å². The first-order chi connectivity index (χ1) is 9.55. The van der Waals surface area contributed by atoms with Gasteiger partial charge in [0, 0.05) is 29.7 Å². The summed E-state index contributed by atoms with van der Waals surface area (Å²) in [7, 11) is -3.47. The molecule has 0 aromatic heterocycles. The van der Waals surface area contributed by atoms with E-state index in [4.69, 9.17) is 5.11 Å². The van der Waals surface area contributed by atoms with Crippen LogP contribution in [0.25, 0.3) is 0 Å². The van der Waals surface area contributed by atoms with Crippen molar-refractivity contribution < 1.29 is 13.5 Å². The van der Waals surface area contributed by atoms with Crippen molar-refractivity contribution in [2.75, 3.05) is 24.7 Å². The number of sulfonamides is 1. The molecular weight excluding hydrogens is 294 g/mol. The zero-order chi connectivity index (χ0) is 14.6. The van der Waals surface area contributed by atoms with Crippen molar-refractivity contribution >= 4 is 21.8 Å². The van der Waals surface area contributed by atoms with Crippen LogP contribution in [0.5, 0.6) is 0 Å². The quantitative estimate of drug-likeness (QED) is 0.833. The molecule has 1 aromatic rings. The summed E-state index contributed by atoms with van der Waals surface area (Å²) in [6.07, 6.45) is 0. The Morgan fingerprint density at radius 3 is 3.00 bits per heavy atom. The molecule has 0 aliphatic carbocycles. The molecule has 1 atom stereocenters. The molecule has 1 unspecified atom stereocenters. The second-order valence-corrected chi connectivity index (χ2v) is 7.57. The summed E-state index contributed by atoms with van der Waals surface area (Å²) in [5.74, 6) is 6.91. The van der Waals surface area contributed by atoms with Gasteiger partial charge in [0.15, 0.2) is 0 Å². The highest BCUT2D eigenvalue weighted by Crippen LogP contribution is 2.24. The SMILES string of the molecule is CC1CSCCN1S(=O)(=O)c1cccc(C#CCO)c1. The van der Waals surface area contributed by atoms with E-state index in [2.05, 4.69) is 11.8 Å². The molecule has 108 valence electrons. The Kier molecular flexibility index (Phi) is 5.11. The van der Waals surface area contributed by atoms with E-state index in [9.17, 15) is 8.42 Å². The summed E-state index contributed by atoms with van der Waals surface area (Å²) >= 11 is 1.78. The molecule has 0 radical (unpaired) electrons. The van der Waals surface area contributed by atoms with E-state index >= 15 is 0 Å². The zero-order valence-electron chi connectivity index (χ0n) is 11.2. The Labute approximate surface area is 124 Å². The number of thioether (sulfide) groups is 1. The predicted molar refractivity (Wildman–Crippen MR) is 81.1 cm³/mol. The lowest BCUT2D eigenvalue weighted by Crippen LogP contribution is -2.44. The number of benzene rings is 1. The third-order valence-corrected chi connectivity index (χ3v) is 6.26. The second-order valence-electron chi connectivity index (χ2n) is 4.53. The third kappa shape index (κ3) is 3.36. The molecule has 0 amide bonds. The molecule has 6 heteroatoms. The highest BCUT2D eigenvalue weighted by Gasteiger charge is 2.31. The molecule has 1 fully saturated rings. The summed E-state index contributed by atoms with van der Waals surface area (Å²) in [6, 6.07) is 6.57. The first-order valence-corrected chi connectivity index (χ1v) is 8.94. The van der Waals surface area contributed by atoms with Gasteiger partial charge in [0.2, 0.25) is 10.0 Å². The molecule has 0 saturated carbocycles. The maximum Gasteiger partial charge on any atom is 0.243 e. The standard InChI is InChI=1S/C14H17NO3S2/c1-12-11-19-9-7-15(12)20(17,18)14-6-2-4-13(10-14)5-3-8-16/h2,4,6,10,12,16H,7-9,11H2,1H3. The smallest absolute Gasteiger partial charge is 0.243 e. The number of hydrogen-bond acceptors (Lipinski definition) is 4. The van der Waals surface area contributed by atoms with Crippen LogP contribution in [-0.4, -0.2) is 48.5 Å². The van der Waals surface area contributed by atoms with Gasteiger partial charge in [0.25, 0.3) is 0 Å². The van der Waals surface area contributed by atoms with Crippen LogP contribution in [0, 0.1) is 11.8 Å². The molecule has 4 nitrogen and oxygen atoms in total. The fraction of sp³-hybridized carbons (Fsp3) is 0.429. The van der Waals surface area contributed by atoms with Gasteiger partial charge in [-0.15, -0.1) is 0 Å². The average molecular weight is 311 g/mol. The normalized spacial score (nSPS) is 20.2. The van der Waals surface area contributed by atoms with E-state index in [0.717, 1.165) is 11.5 Å². The van der Waals surface area contributed by atoms with Gasteiger partial charge in [-0.1, -0.05) is 17.9 Å². The number of nitrogens with zero attached hydrogens (tertiary/aromatic N) is 1. The van der Waals surface area contributed by atoms with Crippen LogP contribution in [0.3, 0.4) is 0 Å². The minimum absolute atomic E-state index is 0.00549. The van der Waals surface area contributed by atoms with Crippen molar-refractivity contribution in [1.29, 1.82) is 0 Å². The summed E-state index contributed by atoms with van der Waals surface area (Å²) in [4.78, 5) is 0.265. The maximum absolute atomic E-state index is 12.6. The minimum atomic E-state index is -3.47. The fourth-order valence-corrected chi connectivity index (χ4v) is 4.98. The highest BCUT2D eigenvalue weighted by atomic mass is 32.2. The van der Waals surface area contributed by atoms with Crippen molar-refractivity contribution in [2.24, 2.45) is 0 Å². The molecule has 1 aliphatic heterocycles. The van der Waals surface area contributed by atoms with Gasteiger partial charge in [-0.05, 0) is 25.1 Å². The van der Waals surface area contributed by atoms with Crippen LogP contribution in [0.4, 0.5) is 0 Å². The van der Waals surface area contributed by atoms with Gasteiger partial charge in [0.1, 0.15) is 6.61 Å². The van der Waals surface area contributed by atoms with Crippen LogP contribution in [0.2, 0.25) is 0 Å². The molecule has 2 rings (SSSR count). The predicted octanol–water partition coefficient (Wildman–Crippen LogP) is 1.16. The first kappa shape index (κ1) is 15.4. The van der Waals surface area contributed by atoms with E-state index in [0.29, 0.717) is 12.1 Å². The average Bonchev–Trinajstić information content (AvgIpc) is 2.45. The molecule has 0 spiro atoms. The zero-order valence-corrected chi connectivity index (χ0v) is 12.9. The minimum Gasteiger partial charge on any atom is -0.384 e. The van der Waals surface area contributed by atoms with Crippen molar-refractivity contribution in [3.05, 3.63) is 29.8 Å². The summed E-state index contributed by atoms with van der Waals surface area (Å²) in [5.41, 5.74) is 0.596. The van der Waals surface area contributed by atoms with Gasteiger partial charge in [-0.3, -0.25) is 0 Å². The van der Waals surface area contributed by atoms with Crippen LogP contribution in [0.1, 0.15) is 12.5 Å². The summed E-state index contributed by atoms with van der Waals surface area (Å²) < 4.78 is 26.8. The molecule has 1 aliphatic rings. The largest absolute Gasteiger partial charge is 0.384 e. The molecule has 1 heterocycles. The highest BCUT2D eigenvalue weighted by molar-refractivity contribution is 7.99. The Bertz CT molecular complexity index is 631. The Morgan fingerprint density at radius 2 is 2.30 bits per heavy atom. The van der Waals surface area contributed by atoms with Gasteiger partial charge in [-0.25, -0.2) is 8.42 Å². The van der Waals surface area contributed by atoms with Crippen LogP contribution in [-0.2, 0) is 10.0 Å². The van der Waals surface area contributed by atoms with Gasteiger partial charge < -0.3 is 5.11 Å². The van der Waals surface area contributed by atoms with Gasteiger partial charge in [0.05, 0.1) is 4.90 Å². The third-order valence-electron chi connectivity index (χ3n) is 3.06. The summed E-state index contributed by atoms with van der Waals surface area (Å²) in [5, 5.41) is 8.69. The number of hydrogen-bond donors (Lipinski definition) is 1. The molecular formula is C14H17NO3S2. The van der Waals surface area contributed by atoms with Crippen LogP contribution in [0.15, 0.2) is 29.2 Å². The van der Waals surface area contributed by atoms with Crippen LogP contribution < -0.4 is 0 Å². The summed E-state index contributed by atoms with van der Waals surface area (Å²) in [6.45, 7) is 2.23. The van der Waals surface area contributed by atoms with Gasteiger partial charge >= 0.3 is 0 Å². The van der Waals surface area contributed by atoms with E-state index in [-0.39, 0.29) is 17.5 Å². The monoisotopic (exact) mass is 311 g/mol. The lowest BCUT2D eigenvalue weighted by molar-refractivity contribution is 0.350. The van der Waals surface area contributed by atoms with Crippen molar-refractivity contribution in [3.8, 4) is 11.8 Å². The fourth-order valence-electron chi connectivity index (χ4n) is 2.08. The number of aliphatic hydroxyl groups is 1. The maximum atomic E-state index is 12.6. The molecule has 1 saturated heterocycles.